The van der Waals surface area contributed by atoms with Crippen molar-refractivity contribution in [3.63, 3.8) is 0 Å². The Labute approximate surface area is 209 Å². The predicted molar refractivity (Wildman–Crippen MR) is 139 cm³/mol. The third kappa shape index (κ3) is 4.87. The van der Waals surface area contributed by atoms with Crippen molar-refractivity contribution in [2.45, 2.75) is 57.2 Å². The molecule has 9 nitrogen and oxygen atoms in total. The quantitative estimate of drug-likeness (QED) is 0.357. The van der Waals surface area contributed by atoms with Gasteiger partial charge in [0.1, 0.15) is 29.3 Å². The van der Waals surface area contributed by atoms with Gasteiger partial charge in [-0.25, -0.2) is 14.6 Å². The fraction of sp³-hybridized carbons (Fsp3) is 0.333. The monoisotopic (exact) mass is 485 g/mol. The van der Waals surface area contributed by atoms with Gasteiger partial charge in [0.2, 0.25) is 5.91 Å². The number of carbonyl (C=O) groups excluding carboxylic acids is 1. The lowest BCUT2D eigenvalue weighted by atomic mass is 9.91. The summed E-state index contributed by atoms with van der Waals surface area (Å²) in [4.78, 5) is 21.0. The van der Waals surface area contributed by atoms with Crippen LogP contribution in [0.3, 0.4) is 0 Å². The molecule has 0 saturated heterocycles. The number of anilines is 1. The molecule has 1 fully saturated rings. The van der Waals surface area contributed by atoms with E-state index in [1.54, 1.807) is 0 Å². The lowest BCUT2D eigenvalue weighted by Gasteiger charge is -2.30. The van der Waals surface area contributed by atoms with Crippen LogP contribution in [0.1, 0.15) is 45.1 Å². The van der Waals surface area contributed by atoms with Crippen LogP contribution >= 0.6 is 0 Å². The lowest BCUT2D eigenvalue weighted by molar-refractivity contribution is -0.123. The van der Waals surface area contributed by atoms with Gasteiger partial charge in [-0.2, -0.15) is 5.10 Å². The summed E-state index contributed by atoms with van der Waals surface area (Å²) in [6, 6.07) is 17.3. The van der Waals surface area contributed by atoms with Gasteiger partial charge in [-0.1, -0.05) is 25.1 Å². The Morgan fingerprint density at radius 1 is 1.06 bits per heavy atom. The van der Waals surface area contributed by atoms with E-state index < -0.39 is 6.04 Å². The Kier molecular flexibility index (Phi) is 6.81. The number of amides is 1. The highest BCUT2D eigenvalue weighted by molar-refractivity contribution is 5.98. The second-order valence-corrected chi connectivity index (χ2v) is 9.22. The number of carbonyl (C=O) groups is 1. The van der Waals surface area contributed by atoms with Gasteiger partial charge < -0.3 is 21.5 Å². The summed E-state index contributed by atoms with van der Waals surface area (Å²) in [5.41, 5.74) is 14.6. The molecule has 5 N–H and O–H groups in total. The fourth-order valence-electron chi connectivity index (χ4n) is 4.72. The highest BCUT2D eigenvalue weighted by Gasteiger charge is 2.28. The maximum absolute atomic E-state index is 12.2. The van der Waals surface area contributed by atoms with Gasteiger partial charge in [0, 0.05) is 11.6 Å². The molecule has 2 heterocycles. The zero-order valence-corrected chi connectivity index (χ0v) is 20.3. The summed E-state index contributed by atoms with van der Waals surface area (Å²) < 4.78 is 7.91. The first-order chi connectivity index (χ1) is 17.5. The number of para-hydroxylation sites is 1. The van der Waals surface area contributed by atoms with Crippen LogP contribution in [-0.4, -0.2) is 37.7 Å². The van der Waals surface area contributed by atoms with Gasteiger partial charge in [-0.3, -0.25) is 4.79 Å². The number of rotatable bonds is 7. The molecule has 1 amide bonds. The Hall–Kier alpha value is -3.98. The molecule has 9 heteroatoms. The topological polar surface area (TPSA) is 134 Å². The summed E-state index contributed by atoms with van der Waals surface area (Å²) in [5.74, 6) is 1.84. The summed E-state index contributed by atoms with van der Waals surface area (Å²) in [6.07, 6.45) is 5.57. The van der Waals surface area contributed by atoms with Crippen molar-refractivity contribution in [2.75, 3.05) is 5.73 Å². The van der Waals surface area contributed by atoms with Crippen molar-refractivity contribution >= 4 is 22.8 Å². The van der Waals surface area contributed by atoms with E-state index in [0.717, 1.165) is 59.5 Å². The average Bonchev–Trinajstić information content (AvgIpc) is 3.30. The van der Waals surface area contributed by atoms with Crippen LogP contribution in [0.4, 0.5) is 5.82 Å². The van der Waals surface area contributed by atoms with Gasteiger partial charge in [-0.05, 0) is 68.5 Å². The van der Waals surface area contributed by atoms with E-state index >= 15 is 0 Å². The normalized spacial score (nSPS) is 18.6. The summed E-state index contributed by atoms with van der Waals surface area (Å²) in [5, 5.41) is 8.81. The minimum absolute atomic E-state index is 0.0759. The second-order valence-electron chi connectivity index (χ2n) is 9.22. The molecular formula is C27H31N7O2. The molecule has 1 aliphatic carbocycles. The number of nitrogen functional groups attached to an aromatic ring is 1. The van der Waals surface area contributed by atoms with Crippen molar-refractivity contribution in [1.29, 1.82) is 0 Å². The smallest absolute Gasteiger partial charge is 0.237 e. The van der Waals surface area contributed by atoms with E-state index in [1.807, 2.05) is 66.2 Å². The van der Waals surface area contributed by atoms with E-state index in [1.165, 1.54) is 6.33 Å². The summed E-state index contributed by atoms with van der Waals surface area (Å²) in [7, 11) is 0. The second kappa shape index (κ2) is 10.3. The molecule has 0 radical (unpaired) electrons. The van der Waals surface area contributed by atoms with Gasteiger partial charge in [0.05, 0.1) is 17.5 Å². The van der Waals surface area contributed by atoms with Gasteiger partial charge in [-0.15, -0.1) is 0 Å². The number of aromatic nitrogens is 4. The van der Waals surface area contributed by atoms with E-state index in [-0.39, 0.29) is 18.0 Å². The average molecular weight is 486 g/mol. The Balaban J connectivity index is 1.37. The molecule has 5 rings (SSSR count). The number of nitrogens with one attached hydrogen (secondary N) is 1. The number of nitrogens with zero attached hydrogens (tertiary/aromatic N) is 4. The van der Waals surface area contributed by atoms with Crippen LogP contribution < -0.4 is 21.5 Å². The molecule has 0 spiro atoms. The SMILES string of the molecule is CC[C@H](N)C(=O)NC1CCC(n2nc(-c3ccc(Oc4ccccc4)cc3)c3c(N)ncnc32)CC1. The minimum Gasteiger partial charge on any atom is -0.457 e. The molecular weight excluding hydrogens is 454 g/mol. The Bertz CT molecular complexity index is 1330. The third-order valence-corrected chi connectivity index (χ3v) is 6.79. The van der Waals surface area contributed by atoms with Crippen LogP contribution in [0.5, 0.6) is 11.5 Å². The summed E-state index contributed by atoms with van der Waals surface area (Å²) in [6.45, 7) is 1.92. The van der Waals surface area contributed by atoms with E-state index in [2.05, 4.69) is 15.3 Å². The van der Waals surface area contributed by atoms with Crippen LogP contribution in [0.2, 0.25) is 0 Å². The number of hydrogen-bond donors (Lipinski definition) is 3. The third-order valence-electron chi connectivity index (χ3n) is 6.79. The first-order valence-electron chi connectivity index (χ1n) is 12.4. The molecule has 1 atom stereocenters. The number of ether oxygens (including phenoxy) is 1. The Morgan fingerprint density at radius 3 is 2.44 bits per heavy atom. The van der Waals surface area contributed by atoms with Crippen LogP contribution in [0.25, 0.3) is 22.3 Å². The van der Waals surface area contributed by atoms with Crippen molar-refractivity contribution in [2.24, 2.45) is 5.73 Å². The summed E-state index contributed by atoms with van der Waals surface area (Å²) >= 11 is 0. The van der Waals surface area contributed by atoms with Gasteiger partial charge in [0.25, 0.3) is 0 Å². The molecule has 2 aromatic heterocycles. The lowest BCUT2D eigenvalue weighted by Crippen LogP contribution is -2.46. The van der Waals surface area contributed by atoms with E-state index in [4.69, 9.17) is 21.3 Å². The predicted octanol–water partition coefficient (Wildman–Crippen LogP) is 4.21. The fourth-order valence-corrected chi connectivity index (χ4v) is 4.72. The largest absolute Gasteiger partial charge is 0.457 e. The van der Waals surface area contributed by atoms with Crippen molar-refractivity contribution in [1.82, 2.24) is 25.1 Å². The molecule has 2 aromatic carbocycles. The van der Waals surface area contributed by atoms with Crippen molar-refractivity contribution in [3.8, 4) is 22.8 Å². The highest BCUT2D eigenvalue weighted by Crippen LogP contribution is 2.36. The first kappa shape index (κ1) is 23.7. The maximum Gasteiger partial charge on any atom is 0.237 e. The molecule has 0 bridgehead atoms. The van der Waals surface area contributed by atoms with Gasteiger partial charge >= 0.3 is 0 Å². The standard InChI is InChI=1S/C27H31N7O2/c1-2-22(28)27(35)32-18-10-12-19(13-11-18)34-26-23(25(29)30-16-31-26)24(33-34)17-8-14-21(15-9-17)36-20-6-4-3-5-7-20/h3-9,14-16,18-19,22H,2,10-13,28H2,1H3,(H,32,35)(H2,29,30,31)/t18?,19?,22-/m0/s1. The van der Waals surface area contributed by atoms with Crippen LogP contribution in [0, 0.1) is 0 Å². The molecule has 0 unspecified atom stereocenters. The highest BCUT2D eigenvalue weighted by atomic mass is 16.5. The number of benzene rings is 2. The Morgan fingerprint density at radius 2 is 1.75 bits per heavy atom. The van der Waals surface area contributed by atoms with Crippen molar-refractivity contribution < 1.29 is 9.53 Å². The molecule has 36 heavy (non-hydrogen) atoms. The molecule has 1 aliphatic rings. The molecule has 1 saturated carbocycles. The van der Waals surface area contributed by atoms with Gasteiger partial charge in [0.15, 0.2) is 5.65 Å². The zero-order chi connectivity index (χ0) is 25.1. The zero-order valence-electron chi connectivity index (χ0n) is 20.3. The number of nitrogens with two attached hydrogens (primary N) is 2. The van der Waals surface area contributed by atoms with E-state index in [0.29, 0.717) is 12.2 Å². The minimum atomic E-state index is -0.454. The molecule has 4 aromatic rings. The van der Waals surface area contributed by atoms with Crippen molar-refractivity contribution in [3.05, 3.63) is 60.9 Å². The van der Waals surface area contributed by atoms with Crippen LogP contribution in [0.15, 0.2) is 60.9 Å². The first-order valence-corrected chi connectivity index (χ1v) is 12.4. The number of hydrogen-bond acceptors (Lipinski definition) is 7. The molecule has 186 valence electrons. The van der Waals surface area contributed by atoms with Crippen LogP contribution in [-0.2, 0) is 4.79 Å². The molecule has 0 aliphatic heterocycles. The number of fused-ring (bicyclic) bond motifs is 1. The maximum atomic E-state index is 12.2. The van der Waals surface area contributed by atoms with E-state index in [9.17, 15) is 4.79 Å².